The van der Waals surface area contributed by atoms with E-state index in [1.165, 1.54) is 0 Å². The number of aromatic nitrogens is 4. The van der Waals surface area contributed by atoms with Gasteiger partial charge in [-0.2, -0.15) is 10.1 Å². The normalized spacial score (nSPS) is 10.9. The van der Waals surface area contributed by atoms with Gasteiger partial charge in [0, 0.05) is 6.42 Å². The van der Waals surface area contributed by atoms with Crippen LogP contribution in [-0.4, -0.2) is 31.0 Å². The number of hydrogen-bond acceptors (Lipinski definition) is 5. The lowest BCUT2D eigenvalue weighted by molar-refractivity contribution is 0.0695. The highest BCUT2D eigenvalue weighted by Crippen LogP contribution is 2.14. The molecule has 0 atom stereocenters. The maximum absolute atomic E-state index is 11.1. The first-order valence-electron chi connectivity index (χ1n) is 6.11. The van der Waals surface area contributed by atoms with Gasteiger partial charge in [0.15, 0.2) is 5.82 Å². The third-order valence-corrected chi connectivity index (χ3v) is 2.86. The average Bonchev–Trinajstić information content (AvgIpc) is 2.86. The van der Waals surface area contributed by atoms with Gasteiger partial charge >= 0.3 is 5.97 Å². The van der Waals surface area contributed by atoms with Gasteiger partial charge in [0.2, 0.25) is 5.89 Å². The van der Waals surface area contributed by atoms with Crippen LogP contribution in [0.3, 0.4) is 0 Å². The second-order valence-corrected chi connectivity index (χ2v) is 4.36. The molecule has 7 nitrogen and oxygen atoms in total. The summed E-state index contributed by atoms with van der Waals surface area (Å²) in [6.07, 6.45) is 1.68. The third kappa shape index (κ3) is 2.64. The van der Waals surface area contributed by atoms with Gasteiger partial charge in [-0.1, -0.05) is 12.1 Å². The van der Waals surface area contributed by atoms with Crippen LogP contribution in [0.5, 0.6) is 0 Å². The number of carboxylic acid groups (broad SMARTS) is 1. The van der Waals surface area contributed by atoms with E-state index >= 15 is 0 Å². The predicted molar refractivity (Wildman–Crippen MR) is 66.1 cm³/mol. The summed E-state index contributed by atoms with van der Waals surface area (Å²) in [5.74, 6) is 0.129. The lowest BCUT2D eigenvalue weighted by Gasteiger charge is -1.99. The first kappa shape index (κ1) is 13.3. The summed E-state index contributed by atoms with van der Waals surface area (Å²) >= 11 is 0. The second-order valence-electron chi connectivity index (χ2n) is 4.36. The lowest BCUT2D eigenvalue weighted by Crippen LogP contribution is -2.07. The summed E-state index contributed by atoms with van der Waals surface area (Å²) < 4.78 is 6.67. The van der Waals surface area contributed by atoms with Crippen LogP contribution in [0.25, 0.3) is 0 Å². The quantitative estimate of drug-likeness (QED) is 0.881. The summed E-state index contributed by atoms with van der Waals surface area (Å²) in [6, 6.07) is 0. The van der Waals surface area contributed by atoms with Gasteiger partial charge in [-0.15, -0.1) is 0 Å². The van der Waals surface area contributed by atoms with Crippen molar-refractivity contribution in [3.05, 3.63) is 28.7 Å². The maximum atomic E-state index is 11.1. The number of hydrogen-bond donors (Lipinski definition) is 1. The molecule has 0 bridgehead atoms. The van der Waals surface area contributed by atoms with E-state index in [9.17, 15) is 4.79 Å². The largest absolute Gasteiger partial charge is 0.478 e. The van der Waals surface area contributed by atoms with Crippen molar-refractivity contribution in [1.29, 1.82) is 0 Å². The van der Waals surface area contributed by atoms with Gasteiger partial charge < -0.3 is 9.63 Å². The van der Waals surface area contributed by atoms with E-state index in [1.54, 1.807) is 18.5 Å². The highest BCUT2D eigenvalue weighted by atomic mass is 16.5. The molecule has 0 spiro atoms. The fraction of sp³-hybridized carbons (Fsp3) is 0.500. The Morgan fingerprint density at radius 2 is 2.16 bits per heavy atom. The molecule has 0 unspecified atom stereocenters. The number of rotatable bonds is 5. The highest BCUT2D eigenvalue weighted by Gasteiger charge is 2.18. The SMILES string of the molecule is CCCc1nc(Cn2nc(C)c(C(=O)O)c2C)no1. The summed E-state index contributed by atoms with van der Waals surface area (Å²) in [6.45, 7) is 5.74. The van der Waals surface area contributed by atoms with Crippen molar-refractivity contribution < 1.29 is 14.4 Å². The van der Waals surface area contributed by atoms with Crippen LogP contribution in [0, 0.1) is 13.8 Å². The molecule has 19 heavy (non-hydrogen) atoms. The molecule has 0 aliphatic rings. The Hall–Kier alpha value is -2.18. The first-order chi connectivity index (χ1) is 9.02. The Labute approximate surface area is 110 Å². The zero-order valence-corrected chi connectivity index (χ0v) is 11.2. The van der Waals surface area contributed by atoms with Crippen LogP contribution < -0.4 is 0 Å². The van der Waals surface area contributed by atoms with E-state index in [1.807, 2.05) is 6.92 Å². The molecule has 7 heteroatoms. The molecule has 2 aromatic heterocycles. The van der Waals surface area contributed by atoms with Crippen LogP contribution in [0.1, 0.15) is 46.8 Å². The fourth-order valence-electron chi connectivity index (χ4n) is 1.96. The Kier molecular flexibility index (Phi) is 3.64. The second kappa shape index (κ2) is 5.21. The number of aryl methyl sites for hydroxylation is 2. The first-order valence-corrected chi connectivity index (χ1v) is 6.11. The van der Waals surface area contributed by atoms with Crippen LogP contribution in [-0.2, 0) is 13.0 Å². The molecule has 0 saturated heterocycles. The maximum Gasteiger partial charge on any atom is 0.339 e. The van der Waals surface area contributed by atoms with E-state index < -0.39 is 5.97 Å². The molecule has 1 N–H and O–H groups in total. The topological polar surface area (TPSA) is 94.0 Å². The van der Waals surface area contributed by atoms with Crippen molar-refractivity contribution >= 4 is 5.97 Å². The van der Waals surface area contributed by atoms with Crippen molar-refractivity contribution in [2.45, 2.75) is 40.2 Å². The van der Waals surface area contributed by atoms with Crippen LogP contribution in [0.15, 0.2) is 4.52 Å². The molecule has 0 aromatic carbocycles. The number of aromatic carboxylic acids is 1. The minimum absolute atomic E-state index is 0.234. The lowest BCUT2D eigenvalue weighted by atomic mass is 10.2. The van der Waals surface area contributed by atoms with E-state index in [-0.39, 0.29) is 5.56 Å². The fourth-order valence-corrected chi connectivity index (χ4v) is 1.96. The summed E-state index contributed by atoms with van der Waals surface area (Å²) in [4.78, 5) is 15.3. The molecular weight excluding hydrogens is 248 g/mol. The molecule has 0 aliphatic carbocycles. The smallest absolute Gasteiger partial charge is 0.339 e. The van der Waals surface area contributed by atoms with Crippen molar-refractivity contribution in [2.24, 2.45) is 0 Å². The van der Waals surface area contributed by atoms with Gasteiger partial charge in [0.05, 0.1) is 11.4 Å². The molecule has 0 amide bonds. The summed E-state index contributed by atoms with van der Waals surface area (Å²) in [5, 5.41) is 17.2. The average molecular weight is 264 g/mol. The molecule has 0 fully saturated rings. The Balaban J connectivity index is 2.23. The molecule has 0 radical (unpaired) electrons. The molecule has 2 heterocycles. The highest BCUT2D eigenvalue weighted by molar-refractivity contribution is 5.90. The summed E-state index contributed by atoms with van der Waals surface area (Å²) in [5.41, 5.74) is 1.31. The van der Waals surface area contributed by atoms with Gasteiger partial charge in [-0.25, -0.2) is 4.79 Å². The zero-order valence-electron chi connectivity index (χ0n) is 11.2. The summed E-state index contributed by atoms with van der Waals surface area (Å²) in [7, 11) is 0. The number of carbonyl (C=O) groups is 1. The molecule has 0 saturated carbocycles. The standard InChI is InChI=1S/C12H16N4O3/c1-4-5-10-13-9(15-19-10)6-16-8(3)11(12(17)18)7(2)14-16/h4-6H2,1-3H3,(H,17,18). The third-order valence-electron chi connectivity index (χ3n) is 2.86. The van der Waals surface area contributed by atoms with E-state index in [4.69, 9.17) is 9.63 Å². The molecule has 0 aliphatic heterocycles. The molecule has 2 rings (SSSR count). The van der Waals surface area contributed by atoms with Crippen LogP contribution in [0.2, 0.25) is 0 Å². The van der Waals surface area contributed by atoms with Gasteiger partial charge in [-0.05, 0) is 20.3 Å². The zero-order chi connectivity index (χ0) is 14.0. The van der Waals surface area contributed by atoms with Crippen molar-refractivity contribution in [2.75, 3.05) is 0 Å². The van der Waals surface area contributed by atoms with Crippen LogP contribution in [0.4, 0.5) is 0 Å². The van der Waals surface area contributed by atoms with E-state index in [2.05, 4.69) is 15.2 Å². The predicted octanol–water partition coefficient (Wildman–Crippen LogP) is 1.58. The van der Waals surface area contributed by atoms with Crippen molar-refractivity contribution in [3.63, 3.8) is 0 Å². The molecule has 102 valence electrons. The Morgan fingerprint density at radius 1 is 1.42 bits per heavy atom. The Morgan fingerprint density at radius 3 is 2.74 bits per heavy atom. The Bertz CT molecular complexity index is 600. The molecular formula is C12H16N4O3. The van der Waals surface area contributed by atoms with Crippen molar-refractivity contribution in [3.8, 4) is 0 Å². The van der Waals surface area contributed by atoms with Gasteiger partial charge in [0.25, 0.3) is 0 Å². The van der Waals surface area contributed by atoms with Gasteiger partial charge in [-0.3, -0.25) is 4.68 Å². The monoisotopic (exact) mass is 264 g/mol. The minimum Gasteiger partial charge on any atom is -0.478 e. The van der Waals surface area contributed by atoms with Crippen molar-refractivity contribution in [1.82, 2.24) is 19.9 Å². The van der Waals surface area contributed by atoms with E-state index in [0.717, 1.165) is 12.8 Å². The number of nitrogens with zero attached hydrogens (tertiary/aromatic N) is 4. The number of carboxylic acids is 1. The minimum atomic E-state index is -0.971. The van der Waals surface area contributed by atoms with E-state index in [0.29, 0.717) is 29.6 Å². The molecule has 2 aromatic rings. The van der Waals surface area contributed by atoms with Crippen LogP contribution >= 0.6 is 0 Å². The van der Waals surface area contributed by atoms with Gasteiger partial charge in [0.1, 0.15) is 12.1 Å².